The minimum absolute atomic E-state index is 0.200. The second kappa shape index (κ2) is 6.85. The fourth-order valence-corrected chi connectivity index (χ4v) is 2.92. The van der Waals surface area contributed by atoms with Gasteiger partial charge in [0.25, 0.3) is 5.91 Å². The first-order valence-corrected chi connectivity index (χ1v) is 7.39. The number of anilines is 1. The second-order valence-corrected chi connectivity index (χ2v) is 5.41. The summed E-state index contributed by atoms with van der Waals surface area (Å²) in [5.41, 5.74) is 0.279. The average molecular weight is 294 g/mol. The number of aromatic nitrogens is 1. The van der Waals surface area contributed by atoms with Crippen molar-refractivity contribution in [2.24, 2.45) is 0 Å². The van der Waals surface area contributed by atoms with Crippen LogP contribution in [0.5, 0.6) is 0 Å². The molecule has 6 heteroatoms. The number of hydrogen-bond donors (Lipinski definition) is 1. The van der Waals surface area contributed by atoms with Crippen LogP contribution in [0.2, 0.25) is 0 Å². The molecule has 1 unspecified atom stereocenters. The van der Waals surface area contributed by atoms with Crippen molar-refractivity contribution >= 4 is 11.7 Å². The Morgan fingerprint density at radius 3 is 3.05 bits per heavy atom. The molecule has 2 rings (SSSR count). The van der Waals surface area contributed by atoms with Crippen LogP contribution in [0.3, 0.4) is 0 Å². The summed E-state index contributed by atoms with van der Waals surface area (Å²) in [4.78, 5) is 20.5. The molecule has 5 nitrogen and oxygen atoms in total. The lowest BCUT2D eigenvalue weighted by Crippen LogP contribution is -2.41. The highest BCUT2D eigenvalue weighted by Crippen LogP contribution is 2.20. The average Bonchev–Trinajstić information content (AvgIpc) is 2.93. The maximum atomic E-state index is 13.4. The summed E-state index contributed by atoms with van der Waals surface area (Å²) >= 11 is 0. The molecule has 1 amide bonds. The first kappa shape index (κ1) is 15.7. The van der Waals surface area contributed by atoms with Gasteiger partial charge in [0.05, 0.1) is 11.8 Å². The lowest BCUT2D eigenvalue weighted by atomic mass is 10.1. The molecule has 2 heterocycles. The molecule has 1 saturated heterocycles. The van der Waals surface area contributed by atoms with Gasteiger partial charge in [-0.15, -0.1) is 0 Å². The van der Waals surface area contributed by atoms with Gasteiger partial charge in [-0.3, -0.25) is 9.69 Å². The SMILES string of the molecule is CCN1CCCC1CN(C)C(=O)c1cc(F)cnc1NC. The molecular formula is C15H23FN4O. The highest BCUT2D eigenvalue weighted by Gasteiger charge is 2.26. The van der Waals surface area contributed by atoms with Crippen molar-refractivity contribution in [1.29, 1.82) is 0 Å². The monoisotopic (exact) mass is 294 g/mol. The van der Waals surface area contributed by atoms with Gasteiger partial charge in [-0.2, -0.15) is 0 Å². The van der Waals surface area contributed by atoms with Crippen molar-refractivity contribution < 1.29 is 9.18 Å². The molecule has 0 spiro atoms. The van der Waals surface area contributed by atoms with Crippen LogP contribution in [0.4, 0.5) is 10.2 Å². The van der Waals surface area contributed by atoms with Crippen molar-refractivity contribution in [3.8, 4) is 0 Å². The van der Waals surface area contributed by atoms with E-state index in [2.05, 4.69) is 22.1 Å². The van der Waals surface area contributed by atoms with E-state index in [1.807, 2.05) is 0 Å². The first-order valence-electron chi connectivity index (χ1n) is 7.39. The quantitative estimate of drug-likeness (QED) is 0.900. The van der Waals surface area contributed by atoms with Crippen LogP contribution in [0.15, 0.2) is 12.3 Å². The summed E-state index contributed by atoms with van der Waals surface area (Å²) in [6.07, 6.45) is 3.38. The highest BCUT2D eigenvalue weighted by molar-refractivity contribution is 5.98. The molecule has 0 aromatic carbocycles. The van der Waals surface area contributed by atoms with Crippen LogP contribution in [0, 0.1) is 5.82 Å². The van der Waals surface area contributed by atoms with E-state index in [-0.39, 0.29) is 11.5 Å². The molecule has 0 saturated carbocycles. The molecule has 1 fully saturated rings. The Morgan fingerprint density at radius 2 is 2.38 bits per heavy atom. The van der Waals surface area contributed by atoms with E-state index in [0.29, 0.717) is 18.4 Å². The molecule has 1 aliphatic rings. The lowest BCUT2D eigenvalue weighted by molar-refractivity contribution is 0.0754. The fourth-order valence-electron chi connectivity index (χ4n) is 2.92. The largest absolute Gasteiger partial charge is 0.372 e. The number of rotatable bonds is 5. The standard InChI is InChI=1S/C15H23FN4O/c1-4-20-7-5-6-12(20)10-19(3)15(21)13-8-11(16)9-18-14(13)17-2/h8-9,12H,4-7,10H2,1-3H3,(H,17,18). The van der Waals surface area contributed by atoms with Gasteiger partial charge in [0.2, 0.25) is 0 Å². The minimum Gasteiger partial charge on any atom is -0.372 e. The molecule has 1 N–H and O–H groups in total. The summed E-state index contributed by atoms with van der Waals surface area (Å²) in [6, 6.07) is 1.63. The summed E-state index contributed by atoms with van der Waals surface area (Å²) in [6.45, 7) is 4.88. The van der Waals surface area contributed by atoms with Crippen molar-refractivity contribution in [3.63, 3.8) is 0 Å². The van der Waals surface area contributed by atoms with Gasteiger partial charge < -0.3 is 10.2 Å². The number of nitrogens with zero attached hydrogens (tertiary/aromatic N) is 3. The highest BCUT2D eigenvalue weighted by atomic mass is 19.1. The van der Waals surface area contributed by atoms with Crippen molar-refractivity contribution in [3.05, 3.63) is 23.6 Å². The van der Waals surface area contributed by atoms with Crippen molar-refractivity contribution in [2.75, 3.05) is 39.0 Å². The number of nitrogens with one attached hydrogen (secondary N) is 1. The smallest absolute Gasteiger partial charge is 0.257 e. The summed E-state index contributed by atoms with van der Waals surface area (Å²) < 4.78 is 13.4. The molecule has 1 aliphatic heterocycles. The number of likely N-dealkylation sites (tertiary alicyclic amines) is 1. The predicted molar refractivity (Wildman–Crippen MR) is 81.0 cm³/mol. The van der Waals surface area contributed by atoms with Gasteiger partial charge in [0.15, 0.2) is 0 Å². The zero-order valence-corrected chi connectivity index (χ0v) is 12.9. The zero-order chi connectivity index (χ0) is 15.4. The zero-order valence-electron chi connectivity index (χ0n) is 12.9. The van der Waals surface area contributed by atoms with E-state index < -0.39 is 5.82 Å². The Hall–Kier alpha value is -1.69. The topological polar surface area (TPSA) is 48.5 Å². The van der Waals surface area contributed by atoms with Gasteiger partial charge in [-0.05, 0) is 32.0 Å². The van der Waals surface area contributed by atoms with Crippen LogP contribution in [0.25, 0.3) is 0 Å². The molecule has 0 radical (unpaired) electrons. The third-order valence-electron chi connectivity index (χ3n) is 4.06. The molecule has 1 aromatic rings. The lowest BCUT2D eigenvalue weighted by Gasteiger charge is -2.28. The Kier molecular flexibility index (Phi) is 5.12. The van der Waals surface area contributed by atoms with Crippen molar-refractivity contribution in [1.82, 2.24) is 14.8 Å². The molecule has 0 bridgehead atoms. The van der Waals surface area contributed by atoms with Crippen LogP contribution in [-0.4, -0.2) is 60.5 Å². The normalized spacial score (nSPS) is 18.8. The van der Waals surface area contributed by atoms with E-state index in [0.717, 1.165) is 25.7 Å². The van der Waals surface area contributed by atoms with Gasteiger partial charge in [-0.1, -0.05) is 6.92 Å². The Balaban J connectivity index is 2.10. The van der Waals surface area contributed by atoms with E-state index in [1.54, 1.807) is 19.0 Å². The van der Waals surface area contributed by atoms with E-state index in [4.69, 9.17) is 0 Å². The number of amides is 1. The third-order valence-corrected chi connectivity index (χ3v) is 4.06. The van der Waals surface area contributed by atoms with Crippen molar-refractivity contribution in [2.45, 2.75) is 25.8 Å². The Morgan fingerprint density at radius 1 is 1.62 bits per heavy atom. The number of hydrogen-bond acceptors (Lipinski definition) is 4. The number of pyridine rings is 1. The molecule has 21 heavy (non-hydrogen) atoms. The van der Waals surface area contributed by atoms with Gasteiger partial charge in [0.1, 0.15) is 11.6 Å². The maximum Gasteiger partial charge on any atom is 0.257 e. The summed E-state index contributed by atoms with van der Waals surface area (Å²) in [5.74, 6) is -0.289. The predicted octanol–water partition coefficient (Wildman–Crippen LogP) is 1.82. The molecule has 116 valence electrons. The molecule has 0 aliphatic carbocycles. The number of halogens is 1. The number of likely N-dealkylation sites (N-methyl/N-ethyl adjacent to an activating group) is 2. The maximum absolute atomic E-state index is 13.4. The van der Waals surface area contributed by atoms with Crippen LogP contribution in [0.1, 0.15) is 30.1 Å². The van der Waals surface area contributed by atoms with Crippen LogP contribution >= 0.6 is 0 Å². The van der Waals surface area contributed by atoms with E-state index in [9.17, 15) is 9.18 Å². The van der Waals surface area contributed by atoms with Gasteiger partial charge >= 0.3 is 0 Å². The molecule has 1 atom stereocenters. The second-order valence-electron chi connectivity index (χ2n) is 5.41. The fraction of sp³-hybridized carbons (Fsp3) is 0.600. The van der Waals surface area contributed by atoms with E-state index in [1.165, 1.54) is 12.5 Å². The molecule has 1 aromatic heterocycles. The van der Waals surface area contributed by atoms with Gasteiger partial charge in [-0.25, -0.2) is 9.37 Å². The minimum atomic E-state index is -0.498. The van der Waals surface area contributed by atoms with E-state index >= 15 is 0 Å². The molecular weight excluding hydrogens is 271 g/mol. The number of carbonyl (C=O) groups excluding carboxylic acids is 1. The summed E-state index contributed by atoms with van der Waals surface area (Å²) in [5, 5.41) is 2.84. The Labute approximate surface area is 125 Å². The first-order chi connectivity index (χ1) is 10.1. The van der Waals surface area contributed by atoms with Gasteiger partial charge in [0, 0.05) is 26.7 Å². The van der Waals surface area contributed by atoms with Crippen LogP contribution in [-0.2, 0) is 0 Å². The number of carbonyl (C=O) groups is 1. The summed E-state index contributed by atoms with van der Waals surface area (Å²) in [7, 11) is 3.44. The third kappa shape index (κ3) is 3.50. The van der Waals surface area contributed by atoms with Crippen LogP contribution < -0.4 is 5.32 Å². The Bertz CT molecular complexity index is 508.